The fourth-order valence-electron chi connectivity index (χ4n) is 2.89. The molecule has 0 unspecified atom stereocenters. The average Bonchev–Trinajstić information content (AvgIpc) is 2.81. The molecular formula is C13H17FN2. The van der Waals surface area contributed by atoms with Gasteiger partial charge in [-0.1, -0.05) is 6.07 Å². The molecule has 1 N–H and O–H groups in total. The molecule has 2 aliphatic heterocycles. The van der Waals surface area contributed by atoms with Gasteiger partial charge in [0.2, 0.25) is 0 Å². The minimum atomic E-state index is -0.123. The van der Waals surface area contributed by atoms with Crippen LogP contribution >= 0.6 is 0 Å². The van der Waals surface area contributed by atoms with Crippen molar-refractivity contribution in [2.24, 2.45) is 0 Å². The fraction of sp³-hybridized carbons (Fsp3) is 0.538. The van der Waals surface area contributed by atoms with Crippen LogP contribution in [0.25, 0.3) is 0 Å². The van der Waals surface area contributed by atoms with Crippen molar-refractivity contribution in [2.75, 3.05) is 19.6 Å². The van der Waals surface area contributed by atoms with Crippen molar-refractivity contribution in [2.45, 2.75) is 25.4 Å². The Hall–Kier alpha value is -0.930. The van der Waals surface area contributed by atoms with Crippen LogP contribution in [0.2, 0.25) is 0 Å². The van der Waals surface area contributed by atoms with E-state index in [4.69, 9.17) is 0 Å². The average molecular weight is 220 g/mol. The highest BCUT2D eigenvalue weighted by Gasteiger charge is 2.27. The number of fused-ring (bicyclic) bond motifs is 1. The van der Waals surface area contributed by atoms with Gasteiger partial charge in [0.05, 0.1) is 0 Å². The molecule has 1 atom stereocenters. The van der Waals surface area contributed by atoms with E-state index in [1.165, 1.54) is 31.5 Å². The molecule has 1 saturated heterocycles. The van der Waals surface area contributed by atoms with E-state index in [0.717, 1.165) is 18.7 Å². The molecule has 0 aliphatic carbocycles. The van der Waals surface area contributed by atoms with E-state index in [1.54, 1.807) is 12.1 Å². The first-order chi connectivity index (χ1) is 7.84. The van der Waals surface area contributed by atoms with E-state index < -0.39 is 0 Å². The lowest BCUT2D eigenvalue weighted by Gasteiger charge is -2.33. The van der Waals surface area contributed by atoms with Crippen molar-refractivity contribution < 1.29 is 4.39 Å². The van der Waals surface area contributed by atoms with Crippen molar-refractivity contribution in [3.8, 4) is 0 Å². The van der Waals surface area contributed by atoms with Crippen LogP contribution in [0.4, 0.5) is 4.39 Å². The summed E-state index contributed by atoms with van der Waals surface area (Å²) in [5.74, 6) is -0.123. The number of hydrogen-bond donors (Lipinski definition) is 1. The summed E-state index contributed by atoms with van der Waals surface area (Å²) >= 11 is 0. The van der Waals surface area contributed by atoms with Gasteiger partial charge >= 0.3 is 0 Å². The standard InChI is InChI=1S/C13H17FN2/c14-11-3-4-12-10(7-11)8-15-9-13(12)16-5-1-2-6-16/h3-4,7,13,15H,1-2,5-6,8-9H2/t13-/m0/s1. The molecule has 3 rings (SSSR count). The van der Waals surface area contributed by atoms with Crippen molar-refractivity contribution in [1.82, 2.24) is 10.2 Å². The quantitative estimate of drug-likeness (QED) is 0.779. The number of nitrogens with one attached hydrogen (secondary N) is 1. The monoisotopic (exact) mass is 220 g/mol. The largest absolute Gasteiger partial charge is 0.311 e. The Morgan fingerprint density at radius 3 is 2.88 bits per heavy atom. The van der Waals surface area contributed by atoms with Crippen LogP contribution in [0, 0.1) is 5.82 Å². The number of halogens is 1. The van der Waals surface area contributed by atoms with Crippen molar-refractivity contribution in [3.63, 3.8) is 0 Å². The minimum absolute atomic E-state index is 0.123. The van der Waals surface area contributed by atoms with Gasteiger partial charge in [-0.25, -0.2) is 4.39 Å². The van der Waals surface area contributed by atoms with E-state index in [9.17, 15) is 4.39 Å². The lowest BCUT2D eigenvalue weighted by atomic mass is 9.95. The van der Waals surface area contributed by atoms with E-state index in [1.807, 2.05) is 6.07 Å². The lowest BCUT2D eigenvalue weighted by Crippen LogP contribution is -2.38. The van der Waals surface area contributed by atoms with Gasteiger partial charge in [0, 0.05) is 19.1 Å². The molecule has 1 aromatic carbocycles. The van der Waals surface area contributed by atoms with E-state index >= 15 is 0 Å². The highest BCUT2D eigenvalue weighted by Crippen LogP contribution is 2.30. The van der Waals surface area contributed by atoms with Crippen LogP contribution in [0.15, 0.2) is 18.2 Å². The Morgan fingerprint density at radius 2 is 2.06 bits per heavy atom. The third kappa shape index (κ3) is 1.74. The van der Waals surface area contributed by atoms with Crippen molar-refractivity contribution >= 4 is 0 Å². The summed E-state index contributed by atoms with van der Waals surface area (Å²) in [5.41, 5.74) is 2.45. The Kier molecular flexibility index (Phi) is 2.65. The highest BCUT2D eigenvalue weighted by atomic mass is 19.1. The summed E-state index contributed by atoms with van der Waals surface area (Å²) in [6, 6.07) is 5.68. The topological polar surface area (TPSA) is 15.3 Å². The predicted octanol–water partition coefficient (Wildman–Crippen LogP) is 2.07. The molecule has 16 heavy (non-hydrogen) atoms. The van der Waals surface area contributed by atoms with Gasteiger partial charge in [0.25, 0.3) is 0 Å². The first kappa shape index (κ1) is 10.2. The zero-order valence-corrected chi connectivity index (χ0v) is 9.38. The number of likely N-dealkylation sites (tertiary alicyclic amines) is 1. The highest BCUT2D eigenvalue weighted by molar-refractivity contribution is 5.33. The molecule has 1 aromatic rings. The molecule has 0 bridgehead atoms. The molecule has 0 amide bonds. The molecule has 0 radical (unpaired) electrons. The first-order valence-corrected chi connectivity index (χ1v) is 6.08. The van der Waals surface area contributed by atoms with Crippen molar-refractivity contribution in [1.29, 1.82) is 0 Å². The number of benzene rings is 1. The molecule has 0 saturated carbocycles. The minimum Gasteiger partial charge on any atom is -0.311 e. The zero-order valence-electron chi connectivity index (χ0n) is 9.38. The van der Waals surface area contributed by atoms with Gasteiger partial charge < -0.3 is 5.32 Å². The number of hydrogen-bond acceptors (Lipinski definition) is 2. The van der Waals surface area contributed by atoms with Gasteiger partial charge in [0.1, 0.15) is 5.82 Å². The molecule has 3 heteroatoms. The van der Waals surface area contributed by atoms with Crippen LogP contribution in [-0.4, -0.2) is 24.5 Å². The van der Waals surface area contributed by atoms with Gasteiger partial charge in [0.15, 0.2) is 0 Å². The molecule has 86 valence electrons. The molecule has 2 aliphatic rings. The van der Waals surface area contributed by atoms with Gasteiger partial charge in [-0.2, -0.15) is 0 Å². The van der Waals surface area contributed by atoms with Crippen LogP contribution < -0.4 is 5.32 Å². The predicted molar refractivity (Wildman–Crippen MR) is 61.7 cm³/mol. The SMILES string of the molecule is Fc1ccc2c(c1)CNC[C@@H]2N1CCCC1. The van der Waals surface area contributed by atoms with E-state index in [2.05, 4.69) is 10.2 Å². The molecule has 0 spiro atoms. The second-order valence-corrected chi connectivity index (χ2v) is 4.73. The van der Waals surface area contributed by atoms with Crippen LogP contribution in [0.3, 0.4) is 0 Å². The van der Waals surface area contributed by atoms with Gasteiger partial charge in [-0.3, -0.25) is 4.90 Å². The maximum Gasteiger partial charge on any atom is 0.123 e. The summed E-state index contributed by atoms with van der Waals surface area (Å²) in [7, 11) is 0. The summed E-state index contributed by atoms with van der Waals surface area (Å²) < 4.78 is 13.2. The molecular weight excluding hydrogens is 203 g/mol. The maximum absolute atomic E-state index is 13.2. The normalized spacial score (nSPS) is 25.7. The number of nitrogens with zero attached hydrogens (tertiary/aromatic N) is 1. The van der Waals surface area contributed by atoms with Crippen LogP contribution in [0.5, 0.6) is 0 Å². The maximum atomic E-state index is 13.2. The smallest absolute Gasteiger partial charge is 0.123 e. The van der Waals surface area contributed by atoms with Crippen LogP contribution in [-0.2, 0) is 6.54 Å². The zero-order chi connectivity index (χ0) is 11.0. The Labute approximate surface area is 95.4 Å². The molecule has 0 aromatic heterocycles. The van der Waals surface area contributed by atoms with Crippen LogP contribution in [0.1, 0.15) is 30.0 Å². The third-order valence-corrected chi connectivity index (χ3v) is 3.70. The molecule has 2 nitrogen and oxygen atoms in total. The summed E-state index contributed by atoms with van der Waals surface area (Å²) in [5, 5.41) is 3.39. The summed E-state index contributed by atoms with van der Waals surface area (Å²) in [4.78, 5) is 2.52. The third-order valence-electron chi connectivity index (χ3n) is 3.70. The van der Waals surface area contributed by atoms with Gasteiger partial charge in [-0.15, -0.1) is 0 Å². The van der Waals surface area contributed by atoms with Gasteiger partial charge in [-0.05, 0) is 49.2 Å². The van der Waals surface area contributed by atoms with E-state index in [0.29, 0.717) is 6.04 Å². The summed E-state index contributed by atoms with van der Waals surface area (Å²) in [6.07, 6.45) is 2.60. The first-order valence-electron chi connectivity index (χ1n) is 6.08. The Morgan fingerprint density at radius 1 is 1.25 bits per heavy atom. The Bertz CT molecular complexity index is 386. The van der Waals surface area contributed by atoms with Crippen molar-refractivity contribution in [3.05, 3.63) is 35.1 Å². The summed E-state index contributed by atoms with van der Waals surface area (Å²) in [6.45, 7) is 4.17. The lowest BCUT2D eigenvalue weighted by molar-refractivity contribution is 0.228. The Balaban J connectivity index is 1.93. The van der Waals surface area contributed by atoms with E-state index in [-0.39, 0.29) is 5.82 Å². The number of rotatable bonds is 1. The second kappa shape index (κ2) is 4.15. The molecule has 1 fully saturated rings. The fourth-order valence-corrected chi connectivity index (χ4v) is 2.89. The molecule has 2 heterocycles. The second-order valence-electron chi connectivity index (χ2n) is 4.73.